The molecule has 98 valence electrons. The lowest BCUT2D eigenvalue weighted by Crippen LogP contribution is -2.07. The summed E-state index contributed by atoms with van der Waals surface area (Å²) in [4.78, 5) is 4.57. The summed E-state index contributed by atoms with van der Waals surface area (Å²) in [6.07, 6.45) is 2.00. The zero-order valence-electron chi connectivity index (χ0n) is 10.2. The van der Waals surface area contributed by atoms with Gasteiger partial charge in [-0.1, -0.05) is 15.9 Å². The van der Waals surface area contributed by atoms with Crippen molar-refractivity contribution < 1.29 is 5.11 Å². The number of aliphatic hydroxyl groups is 1. The maximum Gasteiger partial charge on any atom is 0.163 e. The molecule has 1 aliphatic rings. The lowest BCUT2D eigenvalue weighted by Gasteiger charge is -2.11. The molecule has 0 saturated heterocycles. The second kappa shape index (κ2) is 5.07. The Labute approximate surface area is 122 Å². The zero-order chi connectivity index (χ0) is 13.4. The maximum absolute atomic E-state index is 9.40. The molecule has 1 aromatic heterocycles. The number of aromatic nitrogens is 3. The van der Waals surface area contributed by atoms with Gasteiger partial charge in [-0.15, -0.1) is 22.0 Å². The van der Waals surface area contributed by atoms with Gasteiger partial charge < -0.3 is 5.11 Å². The van der Waals surface area contributed by atoms with Crippen molar-refractivity contribution >= 4 is 32.7 Å². The van der Waals surface area contributed by atoms with Crippen molar-refractivity contribution in [1.82, 2.24) is 14.8 Å². The molecule has 1 N–H and O–H groups in total. The first-order valence-corrected chi connectivity index (χ1v) is 7.69. The molecule has 0 fully saturated rings. The van der Waals surface area contributed by atoms with E-state index in [4.69, 9.17) is 0 Å². The molecule has 0 aliphatic carbocycles. The molecule has 2 heterocycles. The highest BCUT2D eigenvalue weighted by Gasteiger charge is 2.21. The highest BCUT2D eigenvalue weighted by Crippen LogP contribution is 2.28. The van der Waals surface area contributed by atoms with Crippen LogP contribution in [0.3, 0.4) is 0 Å². The summed E-state index contributed by atoms with van der Waals surface area (Å²) in [5.41, 5.74) is 1.98. The van der Waals surface area contributed by atoms with E-state index in [1.807, 2.05) is 29.0 Å². The van der Waals surface area contributed by atoms with Gasteiger partial charge in [0.05, 0.1) is 5.69 Å². The van der Waals surface area contributed by atoms with Crippen molar-refractivity contribution in [2.45, 2.75) is 13.2 Å². The summed E-state index contributed by atoms with van der Waals surface area (Å²) in [5, 5.41) is 18.5. The smallest absolute Gasteiger partial charge is 0.163 e. The molecule has 3 rings (SSSR count). The Balaban J connectivity index is 2.31. The molecule has 0 unspecified atom stereocenters. The molecule has 0 saturated carbocycles. The fourth-order valence-corrected chi connectivity index (χ4v) is 3.05. The Morgan fingerprint density at radius 2 is 2.26 bits per heavy atom. The van der Waals surface area contributed by atoms with Crippen molar-refractivity contribution in [3.8, 4) is 5.69 Å². The molecule has 0 amide bonds. The third-order valence-corrected chi connectivity index (χ3v) is 4.15. The van der Waals surface area contributed by atoms with E-state index in [1.54, 1.807) is 11.8 Å². The third-order valence-electron chi connectivity index (χ3n) is 2.93. The van der Waals surface area contributed by atoms with Gasteiger partial charge in [-0.2, -0.15) is 0 Å². The highest BCUT2D eigenvalue weighted by atomic mass is 79.9. The van der Waals surface area contributed by atoms with Gasteiger partial charge in [0.1, 0.15) is 18.2 Å². The van der Waals surface area contributed by atoms with Crippen LogP contribution in [0, 0.1) is 0 Å². The van der Waals surface area contributed by atoms with Crippen molar-refractivity contribution in [1.29, 1.82) is 0 Å². The van der Waals surface area contributed by atoms with Crippen LogP contribution in [0.4, 0.5) is 0 Å². The number of fused-ring (bicyclic) bond motifs is 3. The van der Waals surface area contributed by atoms with E-state index in [0.29, 0.717) is 12.4 Å². The minimum Gasteiger partial charge on any atom is -0.388 e. The molecule has 1 aliphatic heterocycles. The van der Waals surface area contributed by atoms with Gasteiger partial charge in [-0.05, 0) is 24.5 Å². The first-order chi connectivity index (χ1) is 9.24. The number of benzene rings is 1. The molecular formula is C12H11BrN4OS. The molecule has 0 atom stereocenters. The van der Waals surface area contributed by atoms with E-state index < -0.39 is 0 Å². The Hall–Kier alpha value is -1.18. The largest absolute Gasteiger partial charge is 0.388 e. The molecular weight excluding hydrogens is 328 g/mol. The number of hydrogen-bond donors (Lipinski definition) is 1. The lowest BCUT2D eigenvalue weighted by atomic mass is 10.2. The lowest BCUT2D eigenvalue weighted by molar-refractivity contribution is 0.268. The number of nitrogens with zero attached hydrogens (tertiary/aromatic N) is 4. The van der Waals surface area contributed by atoms with Crippen LogP contribution in [-0.2, 0) is 13.2 Å². The van der Waals surface area contributed by atoms with Gasteiger partial charge in [0.25, 0.3) is 0 Å². The fraction of sp³-hybridized carbons (Fsp3) is 0.250. The van der Waals surface area contributed by atoms with E-state index in [2.05, 4.69) is 31.1 Å². The Bertz CT molecular complexity index is 668. The second-order valence-corrected chi connectivity index (χ2v) is 5.72. The van der Waals surface area contributed by atoms with Gasteiger partial charge in [-0.25, -0.2) is 0 Å². The molecule has 2 aromatic rings. The van der Waals surface area contributed by atoms with Crippen LogP contribution in [0.1, 0.15) is 17.2 Å². The van der Waals surface area contributed by atoms with Gasteiger partial charge in [0.15, 0.2) is 11.6 Å². The number of aliphatic hydroxyl groups excluding tert-OH is 1. The van der Waals surface area contributed by atoms with Crippen LogP contribution in [0.5, 0.6) is 0 Å². The molecule has 1 aromatic carbocycles. The number of halogens is 1. The molecule has 19 heavy (non-hydrogen) atoms. The highest BCUT2D eigenvalue weighted by molar-refractivity contribution is 9.10. The minimum atomic E-state index is -0.142. The zero-order valence-corrected chi connectivity index (χ0v) is 12.6. The average Bonchev–Trinajstić information content (AvgIpc) is 2.76. The minimum absolute atomic E-state index is 0.142. The Morgan fingerprint density at radius 3 is 3.00 bits per heavy atom. The van der Waals surface area contributed by atoms with Crippen molar-refractivity contribution in [3.63, 3.8) is 0 Å². The summed E-state index contributed by atoms with van der Waals surface area (Å²) in [7, 11) is 0. The van der Waals surface area contributed by atoms with Crippen molar-refractivity contribution in [2.75, 3.05) is 6.26 Å². The molecule has 5 nitrogen and oxygen atoms in total. The maximum atomic E-state index is 9.40. The molecule has 0 bridgehead atoms. The first-order valence-electron chi connectivity index (χ1n) is 5.67. The van der Waals surface area contributed by atoms with Gasteiger partial charge in [-0.3, -0.25) is 9.56 Å². The first kappa shape index (κ1) is 12.8. The number of thioether (sulfide) groups is 1. The molecule has 7 heteroatoms. The topological polar surface area (TPSA) is 63.3 Å². The average molecular weight is 339 g/mol. The summed E-state index contributed by atoms with van der Waals surface area (Å²) >= 11 is 5.09. The Kier molecular flexibility index (Phi) is 3.42. The van der Waals surface area contributed by atoms with Gasteiger partial charge >= 0.3 is 0 Å². The van der Waals surface area contributed by atoms with Gasteiger partial charge in [0, 0.05) is 10.0 Å². The number of hydrogen-bond acceptors (Lipinski definition) is 5. The van der Waals surface area contributed by atoms with E-state index >= 15 is 0 Å². The van der Waals surface area contributed by atoms with Crippen LogP contribution in [-0.4, -0.2) is 31.2 Å². The van der Waals surface area contributed by atoms with Crippen LogP contribution in [0.2, 0.25) is 0 Å². The van der Waals surface area contributed by atoms with Crippen LogP contribution < -0.4 is 0 Å². The van der Waals surface area contributed by atoms with E-state index in [-0.39, 0.29) is 6.61 Å². The summed E-state index contributed by atoms with van der Waals surface area (Å²) in [5.74, 6) is 1.28. The predicted octanol–water partition coefficient (Wildman–Crippen LogP) is 2.15. The van der Waals surface area contributed by atoms with Crippen LogP contribution in [0.15, 0.2) is 27.7 Å². The van der Waals surface area contributed by atoms with E-state index in [0.717, 1.165) is 26.6 Å². The molecule has 0 radical (unpaired) electrons. The number of rotatable bonds is 1. The second-order valence-electron chi connectivity index (χ2n) is 4.01. The standard InChI is InChI=1S/C12H11BrN4OS/c1-19-12-8-4-7(13)2-3-9(8)17-10(5-14-12)15-16-11(17)6-18/h2-4,18H,5-6H2,1H3. The summed E-state index contributed by atoms with van der Waals surface area (Å²) in [6.45, 7) is 0.326. The van der Waals surface area contributed by atoms with Crippen molar-refractivity contribution in [3.05, 3.63) is 39.9 Å². The van der Waals surface area contributed by atoms with E-state index in [1.165, 1.54) is 0 Å². The molecule has 0 spiro atoms. The SMILES string of the molecule is CSC1=NCc2nnc(CO)n2-c2ccc(Br)cc21. The van der Waals surface area contributed by atoms with Crippen LogP contribution >= 0.6 is 27.7 Å². The van der Waals surface area contributed by atoms with Crippen LogP contribution in [0.25, 0.3) is 5.69 Å². The van der Waals surface area contributed by atoms with Crippen molar-refractivity contribution in [2.24, 2.45) is 4.99 Å². The fourth-order valence-electron chi connectivity index (χ4n) is 2.11. The quantitative estimate of drug-likeness (QED) is 0.865. The summed E-state index contributed by atoms with van der Waals surface area (Å²) < 4.78 is 2.88. The van der Waals surface area contributed by atoms with E-state index in [9.17, 15) is 5.11 Å². The number of aliphatic imine (C=N–C) groups is 1. The third kappa shape index (κ3) is 2.11. The predicted molar refractivity (Wildman–Crippen MR) is 78.7 cm³/mol. The summed E-state index contributed by atoms with van der Waals surface area (Å²) in [6, 6.07) is 5.98. The monoisotopic (exact) mass is 338 g/mol. The normalized spacial score (nSPS) is 13.5. The Morgan fingerprint density at radius 1 is 1.42 bits per heavy atom. The van der Waals surface area contributed by atoms with Gasteiger partial charge in [0.2, 0.25) is 0 Å².